The second kappa shape index (κ2) is 8.79. The second-order valence-electron chi connectivity index (χ2n) is 9.15. The smallest absolute Gasteiger partial charge is 0.409 e. The van der Waals surface area contributed by atoms with Gasteiger partial charge in [0.15, 0.2) is 0 Å². The molecule has 164 valence electrons. The van der Waals surface area contributed by atoms with Crippen LogP contribution < -0.4 is 0 Å². The van der Waals surface area contributed by atoms with Gasteiger partial charge in [-0.15, -0.1) is 0 Å². The Hall–Kier alpha value is -3.11. The van der Waals surface area contributed by atoms with Crippen LogP contribution in [0, 0.1) is 5.41 Å². The average Bonchev–Trinajstić information content (AvgIpc) is 3.17. The maximum absolute atomic E-state index is 13.1. The Morgan fingerprint density at radius 1 is 0.938 bits per heavy atom. The molecule has 5 rings (SSSR count). The molecule has 2 aliphatic rings. The summed E-state index contributed by atoms with van der Waals surface area (Å²) in [7, 11) is 0. The van der Waals surface area contributed by atoms with Crippen molar-refractivity contribution in [3.05, 3.63) is 95.6 Å². The number of benzene rings is 3. The van der Waals surface area contributed by atoms with Crippen LogP contribution in [0.3, 0.4) is 0 Å². The Kier molecular flexibility index (Phi) is 5.71. The van der Waals surface area contributed by atoms with Crippen LogP contribution in [0.4, 0.5) is 4.79 Å². The van der Waals surface area contributed by atoms with E-state index in [0.29, 0.717) is 19.7 Å². The van der Waals surface area contributed by atoms with E-state index in [0.717, 1.165) is 19.3 Å². The fourth-order valence-corrected chi connectivity index (χ4v) is 5.41. The summed E-state index contributed by atoms with van der Waals surface area (Å²) in [6.07, 6.45) is 2.26. The zero-order valence-corrected chi connectivity index (χ0v) is 18.2. The predicted molar refractivity (Wildman–Crippen MR) is 126 cm³/mol. The molecule has 1 heterocycles. The van der Waals surface area contributed by atoms with E-state index in [2.05, 4.69) is 48.5 Å². The summed E-state index contributed by atoms with van der Waals surface area (Å²) in [6, 6.07) is 27.0. The van der Waals surface area contributed by atoms with Crippen LogP contribution in [0.5, 0.6) is 0 Å². The molecule has 0 bridgehead atoms. The van der Waals surface area contributed by atoms with Gasteiger partial charge in [0.2, 0.25) is 0 Å². The van der Waals surface area contributed by atoms with E-state index in [1.54, 1.807) is 4.90 Å². The maximum Gasteiger partial charge on any atom is 0.409 e. The van der Waals surface area contributed by atoms with Gasteiger partial charge in [-0.3, -0.25) is 0 Å². The lowest BCUT2D eigenvalue weighted by Gasteiger charge is -2.41. The first-order valence-electron chi connectivity index (χ1n) is 11.4. The fourth-order valence-electron chi connectivity index (χ4n) is 5.41. The van der Waals surface area contributed by atoms with Crippen molar-refractivity contribution in [2.45, 2.75) is 25.2 Å². The molecule has 0 aromatic heterocycles. The first-order chi connectivity index (χ1) is 15.7. The quantitative estimate of drug-likeness (QED) is 0.605. The highest BCUT2D eigenvalue weighted by Gasteiger charge is 2.38. The normalized spacial score (nSPS) is 20.0. The van der Waals surface area contributed by atoms with Crippen molar-refractivity contribution in [2.24, 2.45) is 5.41 Å². The minimum atomic E-state index is -0.314. The van der Waals surface area contributed by atoms with Crippen LogP contribution >= 0.6 is 0 Å². The molecule has 32 heavy (non-hydrogen) atoms. The van der Waals surface area contributed by atoms with Crippen molar-refractivity contribution in [2.75, 3.05) is 26.3 Å². The zero-order valence-electron chi connectivity index (χ0n) is 18.2. The van der Waals surface area contributed by atoms with Gasteiger partial charge in [-0.25, -0.2) is 4.79 Å². The molecule has 1 aliphatic heterocycles. The Morgan fingerprint density at radius 3 is 2.22 bits per heavy atom. The number of aliphatic hydroxyl groups is 1. The Labute approximate surface area is 189 Å². The molecule has 1 atom stereocenters. The molecule has 1 saturated heterocycles. The number of piperidine rings is 1. The number of nitrogens with zero attached hydrogens (tertiary/aromatic N) is 1. The van der Waals surface area contributed by atoms with Gasteiger partial charge in [0.25, 0.3) is 0 Å². The number of carbonyl (C=O) groups excluding carboxylic acids is 1. The lowest BCUT2D eigenvalue weighted by molar-refractivity contribution is 0.0229. The van der Waals surface area contributed by atoms with Gasteiger partial charge in [0.05, 0.1) is 6.61 Å². The molecule has 4 heteroatoms. The maximum atomic E-state index is 13.1. The third kappa shape index (κ3) is 3.91. The second-order valence-corrected chi connectivity index (χ2v) is 9.15. The van der Waals surface area contributed by atoms with Crippen LogP contribution in [-0.4, -0.2) is 42.4 Å². The number of likely N-dealkylation sites (tertiary alicyclic amines) is 1. The van der Waals surface area contributed by atoms with E-state index in [-0.39, 0.29) is 24.0 Å². The van der Waals surface area contributed by atoms with Crippen molar-refractivity contribution < 1.29 is 14.6 Å². The monoisotopic (exact) mass is 427 g/mol. The fraction of sp³-hybridized carbons (Fsp3) is 0.321. The molecule has 0 spiro atoms. The van der Waals surface area contributed by atoms with Crippen molar-refractivity contribution in [1.82, 2.24) is 4.90 Å². The van der Waals surface area contributed by atoms with Gasteiger partial charge >= 0.3 is 6.09 Å². The zero-order chi connectivity index (χ0) is 22.0. The molecule has 1 fully saturated rings. The summed E-state index contributed by atoms with van der Waals surface area (Å²) in [4.78, 5) is 14.8. The molecule has 3 aromatic rings. The first kappa shape index (κ1) is 20.8. The van der Waals surface area contributed by atoms with E-state index in [1.807, 2.05) is 30.3 Å². The highest BCUT2D eigenvalue weighted by molar-refractivity contribution is 5.79. The molecular weight excluding hydrogens is 398 g/mol. The van der Waals surface area contributed by atoms with Crippen LogP contribution in [-0.2, 0) is 11.2 Å². The molecule has 4 nitrogen and oxygen atoms in total. The number of hydrogen-bond acceptors (Lipinski definition) is 3. The minimum Gasteiger partial charge on any atom is -0.448 e. The molecule has 0 radical (unpaired) electrons. The molecule has 0 saturated carbocycles. The third-order valence-corrected chi connectivity index (χ3v) is 7.01. The van der Waals surface area contributed by atoms with Gasteiger partial charge in [-0.2, -0.15) is 0 Å². The van der Waals surface area contributed by atoms with Gasteiger partial charge in [0, 0.05) is 24.4 Å². The van der Waals surface area contributed by atoms with Gasteiger partial charge in [0.1, 0.15) is 6.61 Å². The summed E-state index contributed by atoms with van der Waals surface area (Å²) in [5.41, 5.74) is 5.76. The number of aliphatic hydroxyl groups excluding tert-OH is 1. The third-order valence-electron chi connectivity index (χ3n) is 7.01. The largest absolute Gasteiger partial charge is 0.448 e. The number of rotatable bonds is 5. The summed E-state index contributed by atoms with van der Waals surface area (Å²) in [5.74, 6) is 0.0584. The molecule has 1 N–H and O–H groups in total. The first-order valence-corrected chi connectivity index (χ1v) is 11.4. The molecule has 1 unspecified atom stereocenters. The summed E-state index contributed by atoms with van der Waals surface area (Å²) in [6.45, 7) is 1.59. The highest BCUT2D eigenvalue weighted by Crippen LogP contribution is 2.44. The molecule has 3 aromatic carbocycles. The summed E-state index contributed by atoms with van der Waals surface area (Å²) in [5, 5.41) is 10.2. The van der Waals surface area contributed by atoms with E-state index in [9.17, 15) is 9.90 Å². The van der Waals surface area contributed by atoms with Crippen molar-refractivity contribution in [3.8, 4) is 11.1 Å². The number of amides is 1. The van der Waals surface area contributed by atoms with Gasteiger partial charge in [-0.05, 0) is 47.1 Å². The predicted octanol–water partition coefficient (Wildman–Crippen LogP) is 5.25. The molecular formula is C28H29NO3. The number of carbonyl (C=O) groups is 1. The van der Waals surface area contributed by atoms with Crippen molar-refractivity contribution in [1.29, 1.82) is 0 Å². The van der Waals surface area contributed by atoms with Crippen LogP contribution in [0.25, 0.3) is 11.1 Å². The molecule has 1 aliphatic carbocycles. The summed E-state index contributed by atoms with van der Waals surface area (Å²) >= 11 is 0. The number of fused-ring (bicyclic) bond motifs is 3. The van der Waals surface area contributed by atoms with Crippen molar-refractivity contribution >= 4 is 6.09 Å². The lowest BCUT2D eigenvalue weighted by Crippen LogP contribution is -2.49. The van der Waals surface area contributed by atoms with Crippen LogP contribution in [0.1, 0.15) is 35.4 Å². The van der Waals surface area contributed by atoms with Crippen LogP contribution in [0.2, 0.25) is 0 Å². The SMILES string of the molecule is O=C(OCC1c2ccccc2-c2ccccc21)N1CCCC(CO)(Cc2ccccc2)C1. The number of ether oxygens (including phenoxy) is 1. The van der Waals surface area contributed by atoms with E-state index in [4.69, 9.17) is 4.74 Å². The van der Waals surface area contributed by atoms with Gasteiger partial charge < -0.3 is 14.7 Å². The highest BCUT2D eigenvalue weighted by atomic mass is 16.6. The standard InChI is InChI=1S/C28H29NO3/c30-20-28(17-21-9-2-1-3-10-21)15-8-16-29(19-28)27(31)32-18-26-24-13-6-4-11-22(24)23-12-5-7-14-25(23)26/h1-7,9-14,26,30H,8,15-20H2. The lowest BCUT2D eigenvalue weighted by atomic mass is 9.76. The van der Waals surface area contributed by atoms with E-state index in [1.165, 1.54) is 27.8 Å². The van der Waals surface area contributed by atoms with Crippen LogP contribution in [0.15, 0.2) is 78.9 Å². The van der Waals surface area contributed by atoms with Gasteiger partial charge in [-0.1, -0.05) is 78.9 Å². The Bertz CT molecular complexity index is 1050. The van der Waals surface area contributed by atoms with Crippen molar-refractivity contribution in [3.63, 3.8) is 0 Å². The van der Waals surface area contributed by atoms with E-state index < -0.39 is 0 Å². The van der Waals surface area contributed by atoms with E-state index >= 15 is 0 Å². The topological polar surface area (TPSA) is 49.8 Å². The minimum absolute atomic E-state index is 0.0584. The Balaban J connectivity index is 1.28. The molecule has 1 amide bonds. The Morgan fingerprint density at radius 2 is 1.56 bits per heavy atom. The summed E-state index contributed by atoms with van der Waals surface area (Å²) < 4.78 is 5.87. The number of hydrogen-bond donors (Lipinski definition) is 1. The average molecular weight is 428 g/mol.